The second-order valence-electron chi connectivity index (χ2n) is 5.64. The van der Waals surface area contributed by atoms with Gasteiger partial charge in [-0.1, -0.05) is 0 Å². The quantitative estimate of drug-likeness (QED) is 0.897. The molecule has 2 aliphatic rings. The molecule has 3 heterocycles. The standard InChI is InChI=1S/C15H18N4OS/c20-15(13-11-5-2-1-4-10(11)9-21-13)18-12-8-17-19-7-3-6-16-14(12)19/h8-9,16H,1-7H2,(H,18,20). The van der Waals surface area contributed by atoms with Crippen LogP contribution in [0.15, 0.2) is 11.6 Å². The topological polar surface area (TPSA) is 59.0 Å². The smallest absolute Gasteiger partial charge is 0.266 e. The third-order valence-corrected chi connectivity index (χ3v) is 5.31. The number of hydrogen-bond donors (Lipinski definition) is 2. The minimum Gasteiger partial charge on any atom is -0.368 e. The number of rotatable bonds is 2. The number of nitrogens with zero attached hydrogens (tertiary/aromatic N) is 2. The van der Waals surface area contributed by atoms with E-state index in [1.807, 2.05) is 4.68 Å². The zero-order valence-corrected chi connectivity index (χ0v) is 12.6. The van der Waals surface area contributed by atoms with Crippen LogP contribution in [0.5, 0.6) is 0 Å². The molecule has 0 bridgehead atoms. The van der Waals surface area contributed by atoms with Crippen LogP contribution >= 0.6 is 11.3 Å². The number of thiophene rings is 1. The maximum Gasteiger partial charge on any atom is 0.266 e. The fourth-order valence-corrected chi connectivity index (χ4v) is 4.21. The maximum atomic E-state index is 12.6. The maximum absolute atomic E-state index is 12.6. The number of hydrogen-bond acceptors (Lipinski definition) is 4. The Balaban J connectivity index is 1.59. The van der Waals surface area contributed by atoms with E-state index in [9.17, 15) is 4.79 Å². The van der Waals surface area contributed by atoms with Gasteiger partial charge in [-0.25, -0.2) is 4.68 Å². The lowest BCUT2D eigenvalue weighted by atomic mass is 9.94. The molecular weight excluding hydrogens is 284 g/mol. The Morgan fingerprint density at radius 2 is 2.24 bits per heavy atom. The lowest BCUT2D eigenvalue weighted by Gasteiger charge is -2.17. The van der Waals surface area contributed by atoms with E-state index in [4.69, 9.17) is 0 Å². The molecule has 0 saturated heterocycles. The highest BCUT2D eigenvalue weighted by Crippen LogP contribution is 2.31. The molecule has 21 heavy (non-hydrogen) atoms. The molecule has 2 N–H and O–H groups in total. The fourth-order valence-electron chi connectivity index (χ4n) is 3.16. The summed E-state index contributed by atoms with van der Waals surface area (Å²) in [4.78, 5) is 13.4. The molecule has 0 saturated carbocycles. The van der Waals surface area contributed by atoms with Crippen molar-refractivity contribution in [3.05, 3.63) is 27.6 Å². The van der Waals surface area contributed by atoms with Gasteiger partial charge < -0.3 is 10.6 Å². The number of carbonyl (C=O) groups excluding carboxylic acids is 1. The summed E-state index contributed by atoms with van der Waals surface area (Å²) in [5.74, 6) is 0.936. The Labute approximate surface area is 127 Å². The molecule has 2 aromatic heterocycles. The van der Waals surface area contributed by atoms with Crippen LogP contribution in [0.4, 0.5) is 11.5 Å². The predicted molar refractivity (Wildman–Crippen MR) is 84.2 cm³/mol. The van der Waals surface area contributed by atoms with Crippen molar-refractivity contribution in [1.82, 2.24) is 9.78 Å². The van der Waals surface area contributed by atoms with Gasteiger partial charge in [0.25, 0.3) is 5.91 Å². The summed E-state index contributed by atoms with van der Waals surface area (Å²) in [6, 6.07) is 0. The zero-order chi connectivity index (χ0) is 14.2. The van der Waals surface area contributed by atoms with E-state index in [1.54, 1.807) is 17.5 Å². The van der Waals surface area contributed by atoms with Crippen LogP contribution in [0, 0.1) is 0 Å². The van der Waals surface area contributed by atoms with Gasteiger partial charge >= 0.3 is 0 Å². The fraction of sp³-hybridized carbons (Fsp3) is 0.467. The first-order chi connectivity index (χ1) is 10.3. The van der Waals surface area contributed by atoms with Crippen LogP contribution in [0.25, 0.3) is 0 Å². The number of carbonyl (C=O) groups is 1. The molecule has 5 nitrogen and oxygen atoms in total. The largest absolute Gasteiger partial charge is 0.368 e. The van der Waals surface area contributed by atoms with E-state index in [0.717, 1.165) is 48.7 Å². The highest BCUT2D eigenvalue weighted by atomic mass is 32.1. The molecule has 0 unspecified atom stereocenters. The Morgan fingerprint density at radius 3 is 3.19 bits per heavy atom. The first-order valence-corrected chi connectivity index (χ1v) is 8.41. The lowest BCUT2D eigenvalue weighted by molar-refractivity contribution is 0.102. The van der Waals surface area contributed by atoms with E-state index < -0.39 is 0 Å². The van der Waals surface area contributed by atoms with Crippen molar-refractivity contribution in [2.75, 3.05) is 17.2 Å². The van der Waals surface area contributed by atoms with Crippen LogP contribution in [-0.4, -0.2) is 22.2 Å². The van der Waals surface area contributed by atoms with Gasteiger partial charge in [-0.2, -0.15) is 5.10 Å². The molecule has 0 atom stereocenters. The SMILES string of the molecule is O=C(Nc1cnn2c1NCCC2)c1scc2c1CCCC2. The van der Waals surface area contributed by atoms with Gasteiger partial charge in [-0.15, -0.1) is 11.3 Å². The van der Waals surface area contributed by atoms with Crippen molar-refractivity contribution in [2.45, 2.75) is 38.6 Å². The van der Waals surface area contributed by atoms with Crippen LogP contribution < -0.4 is 10.6 Å². The average molecular weight is 302 g/mol. The Morgan fingerprint density at radius 1 is 1.33 bits per heavy atom. The van der Waals surface area contributed by atoms with Crippen molar-refractivity contribution >= 4 is 28.7 Å². The van der Waals surface area contributed by atoms with E-state index >= 15 is 0 Å². The second-order valence-corrected chi connectivity index (χ2v) is 6.52. The van der Waals surface area contributed by atoms with E-state index in [0.29, 0.717) is 0 Å². The molecular formula is C15H18N4OS. The highest BCUT2D eigenvalue weighted by molar-refractivity contribution is 7.12. The first kappa shape index (κ1) is 12.9. The summed E-state index contributed by atoms with van der Waals surface area (Å²) < 4.78 is 1.92. The monoisotopic (exact) mass is 302 g/mol. The molecule has 1 aliphatic carbocycles. The van der Waals surface area contributed by atoms with Crippen LogP contribution in [-0.2, 0) is 19.4 Å². The van der Waals surface area contributed by atoms with Gasteiger partial charge in [0.1, 0.15) is 11.5 Å². The van der Waals surface area contributed by atoms with Crippen LogP contribution in [0.2, 0.25) is 0 Å². The molecule has 0 fully saturated rings. The van der Waals surface area contributed by atoms with E-state index in [-0.39, 0.29) is 5.91 Å². The molecule has 4 rings (SSSR count). The van der Waals surface area contributed by atoms with Crippen molar-refractivity contribution in [1.29, 1.82) is 0 Å². The number of aryl methyl sites for hydroxylation is 2. The number of nitrogens with one attached hydrogen (secondary N) is 2. The van der Waals surface area contributed by atoms with Crippen LogP contribution in [0.3, 0.4) is 0 Å². The molecule has 110 valence electrons. The molecule has 0 aromatic carbocycles. The van der Waals surface area contributed by atoms with Crippen molar-refractivity contribution in [3.63, 3.8) is 0 Å². The summed E-state index contributed by atoms with van der Waals surface area (Å²) in [6.07, 6.45) is 7.39. The summed E-state index contributed by atoms with van der Waals surface area (Å²) in [5.41, 5.74) is 3.42. The third-order valence-electron chi connectivity index (χ3n) is 4.24. The number of amides is 1. The number of aromatic nitrogens is 2. The van der Waals surface area contributed by atoms with Gasteiger partial charge in [0, 0.05) is 13.1 Å². The Hall–Kier alpha value is -1.82. The van der Waals surface area contributed by atoms with Crippen molar-refractivity contribution in [3.8, 4) is 0 Å². The lowest BCUT2D eigenvalue weighted by Crippen LogP contribution is -2.20. The minimum absolute atomic E-state index is 0.00586. The predicted octanol–water partition coefficient (Wildman–Crippen LogP) is 2.89. The minimum atomic E-state index is 0.00586. The van der Waals surface area contributed by atoms with Crippen molar-refractivity contribution in [2.24, 2.45) is 0 Å². The summed E-state index contributed by atoms with van der Waals surface area (Å²) in [6.45, 7) is 1.84. The summed E-state index contributed by atoms with van der Waals surface area (Å²) in [7, 11) is 0. The first-order valence-electron chi connectivity index (χ1n) is 7.53. The van der Waals surface area contributed by atoms with Gasteiger partial charge in [-0.05, 0) is 48.6 Å². The molecule has 1 aliphatic heterocycles. The Bertz CT molecular complexity index is 688. The molecule has 2 aromatic rings. The summed E-state index contributed by atoms with van der Waals surface area (Å²) >= 11 is 1.57. The third kappa shape index (κ3) is 2.23. The Kier molecular flexibility index (Phi) is 3.18. The van der Waals surface area contributed by atoms with Crippen LogP contribution in [0.1, 0.15) is 40.1 Å². The van der Waals surface area contributed by atoms with Gasteiger partial charge in [-0.3, -0.25) is 4.79 Å². The van der Waals surface area contributed by atoms with Gasteiger partial charge in [0.15, 0.2) is 0 Å². The normalized spacial score (nSPS) is 16.8. The van der Waals surface area contributed by atoms with E-state index in [1.165, 1.54) is 24.0 Å². The zero-order valence-electron chi connectivity index (χ0n) is 11.8. The second kappa shape index (κ2) is 5.18. The molecule has 0 spiro atoms. The molecule has 1 amide bonds. The van der Waals surface area contributed by atoms with Gasteiger partial charge in [0.2, 0.25) is 0 Å². The highest BCUT2D eigenvalue weighted by Gasteiger charge is 2.22. The number of fused-ring (bicyclic) bond motifs is 2. The van der Waals surface area contributed by atoms with Gasteiger partial charge in [0.05, 0.1) is 11.1 Å². The molecule has 0 radical (unpaired) electrons. The molecule has 6 heteroatoms. The van der Waals surface area contributed by atoms with Crippen molar-refractivity contribution < 1.29 is 4.79 Å². The number of anilines is 2. The summed E-state index contributed by atoms with van der Waals surface area (Å²) in [5, 5.41) is 12.8. The van der Waals surface area contributed by atoms with E-state index in [2.05, 4.69) is 21.1 Å². The average Bonchev–Trinajstić information content (AvgIpc) is 3.12.